The molecule has 0 aliphatic heterocycles. The van der Waals surface area contributed by atoms with Gasteiger partial charge in [-0.15, -0.1) is 0 Å². The Bertz CT molecular complexity index is 439. The molecule has 0 bridgehead atoms. The zero-order valence-corrected chi connectivity index (χ0v) is 9.79. The van der Waals surface area contributed by atoms with Crippen molar-refractivity contribution >= 4 is 17.6 Å². The van der Waals surface area contributed by atoms with Crippen molar-refractivity contribution in [3.05, 3.63) is 54.1 Å². The van der Waals surface area contributed by atoms with Gasteiger partial charge in [-0.05, 0) is 42.6 Å². The van der Waals surface area contributed by atoms with E-state index in [1.807, 2.05) is 30.3 Å². The predicted octanol–water partition coefficient (Wildman–Crippen LogP) is 3.82. The van der Waals surface area contributed by atoms with Gasteiger partial charge in [0.15, 0.2) is 0 Å². The Kier molecular flexibility index (Phi) is 3.37. The number of benzene rings is 2. The van der Waals surface area contributed by atoms with Crippen LogP contribution in [-0.4, -0.2) is 5.11 Å². The summed E-state index contributed by atoms with van der Waals surface area (Å²) in [6.45, 7) is 2.06. The molecule has 0 saturated carbocycles. The third-order valence-electron chi connectivity index (χ3n) is 2.27. The Morgan fingerprint density at radius 3 is 2.44 bits per heavy atom. The lowest BCUT2D eigenvalue weighted by molar-refractivity contribution is 0.478. The van der Waals surface area contributed by atoms with Gasteiger partial charge in [-0.25, -0.2) is 0 Å². The van der Waals surface area contributed by atoms with Gasteiger partial charge in [0.25, 0.3) is 0 Å². The van der Waals surface area contributed by atoms with Crippen molar-refractivity contribution in [1.29, 1.82) is 0 Å². The van der Waals surface area contributed by atoms with Gasteiger partial charge in [0.05, 0.1) is 5.69 Å². The van der Waals surface area contributed by atoms with E-state index in [0.717, 1.165) is 10.6 Å². The molecule has 16 heavy (non-hydrogen) atoms. The smallest absolute Gasteiger partial charge is 0.139 e. The number of phenolic OH excluding ortho intramolecular Hbond substituents is 1. The number of hydrogen-bond acceptors (Lipinski definition) is 3. The lowest BCUT2D eigenvalue weighted by Crippen LogP contribution is -1.88. The standard InChI is InChI=1S/C13H13NOS/c1-10-6-2-5-9-13(10)16-14-11-7-3-4-8-12(11)15/h2-9,14-15H,1H3. The Morgan fingerprint density at radius 2 is 1.69 bits per heavy atom. The minimum atomic E-state index is 0.267. The van der Waals surface area contributed by atoms with Crippen LogP contribution in [0.4, 0.5) is 5.69 Å². The first-order valence-corrected chi connectivity index (χ1v) is 5.85. The third kappa shape index (κ3) is 2.49. The molecule has 0 spiro atoms. The molecule has 2 N–H and O–H groups in total. The monoisotopic (exact) mass is 231 g/mol. The molecule has 2 aromatic carbocycles. The van der Waals surface area contributed by atoms with Gasteiger partial charge in [-0.3, -0.25) is 0 Å². The molecular weight excluding hydrogens is 218 g/mol. The van der Waals surface area contributed by atoms with Crippen molar-refractivity contribution in [3.63, 3.8) is 0 Å². The highest BCUT2D eigenvalue weighted by Crippen LogP contribution is 2.28. The second kappa shape index (κ2) is 4.94. The van der Waals surface area contributed by atoms with Crippen molar-refractivity contribution in [2.24, 2.45) is 0 Å². The van der Waals surface area contributed by atoms with Gasteiger partial charge in [-0.1, -0.05) is 30.3 Å². The van der Waals surface area contributed by atoms with Crippen molar-refractivity contribution in [2.75, 3.05) is 4.72 Å². The lowest BCUT2D eigenvalue weighted by atomic mass is 10.2. The Balaban J connectivity index is 2.09. The van der Waals surface area contributed by atoms with Crippen LogP contribution in [0.1, 0.15) is 5.56 Å². The molecule has 3 heteroatoms. The fraction of sp³-hybridized carbons (Fsp3) is 0.0769. The fourth-order valence-electron chi connectivity index (χ4n) is 1.34. The first-order valence-electron chi connectivity index (χ1n) is 5.04. The van der Waals surface area contributed by atoms with Gasteiger partial charge in [0.2, 0.25) is 0 Å². The summed E-state index contributed by atoms with van der Waals surface area (Å²) in [6.07, 6.45) is 0. The van der Waals surface area contributed by atoms with E-state index in [-0.39, 0.29) is 5.75 Å². The molecular formula is C13H13NOS. The average Bonchev–Trinajstić information content (AvgIpc) is 2.30. The van der Waals surface area contributed by atoms with E-state index < -0.39 is 0 Å². The highest BCUT2D eigenvalue weighted by Gasteiger charge is 2.01. The molecule has 2 rings (SSSR count). The van der Waals surface area contributed by atoms with Crippen LogP contribution in [0.3, 0.4) is 0 Å². The van der Waals surface area contributed by atoms with Crippen LogP contribution >= 0.6 is 11.9 Å². The largest absolute Gasteiger partial charge is 0.506 e. The summed E-state index contributed by atoms with van der Waals surface area (Å²) in [5, 5.41) is 9.58. The maximum Gasteiger partial charge on any atom is 0.139 e. The topological polar surface area (TPSA) is 32.3 Å². The minimum absolute atomic E-state index is 0.267. The number of anilines is 1. The average molecular weight is 231 g/mol. The molecule has 0 unspecified atom stereocenters. The number of nitrogens with one attached hydrogen (secondary N) is 1. The molecule has 82 valence electrons. The normalized spacial score (nSPS) is 10.1. The highest BCUT2D eigenvalue weighted by atomic mass is 32.2. The van der Waals surface area contributed by atoms with Gasteiger partial charge < -0.3 is 9.83 Å². The van der Waals surface area contributed by atoms with Crippen LogP contribution in [0, 0.1) is 6.92 Å². The van der Waals surface area contributed by atoms with Crippen molar-refractivity contribution in [3.8, 4) is 5.75 Å². The number of rotatable bonds is 3. The number of aromatic hydroxyl groups is 1. The summed E-state index contributed by atoms with van der Waals surface area (Å²) in [5.41, 5.74) is 1.95. The Labute approximate surface area is 99.5 Å². The number of aryl methyl sites for hydroxylation is 1. The summed E-state index contributed by atoms with van der Waals surface area (Å²) in [6, 6.07) is 15.3. The van der Waals surface area contributed by atoms with E-state index in [9.17, 15) is 5.11 Å². The first-order chi connectivity index (χ1) is 7.77. The number of para-hydroxylation sites is 2. The van der Waals surface area contributed by atoms with Gasteiger partial charge >= 0.3 is 0 Å². The molecule has 0 aliphatic carbocycles. The summed E-state index contributed by atoms with van der Waals surface area (Å²) >= 11 is 1.50. The van der Waals surface area contributed by atoms with Crippen LogP contribution in [0.5, 0.6) is 5.75 Å². The molecule has 0 radical (unpaired) electrons. The van der Waals surface area contributed by atoms with E-state index in [4.69, 9.17) is 0 Å². The van der Waals surface area contributed by atoms with E-state index in [1.54, 1.807) is 12.1 Å². The molecule has 0 fully saturated rings. The molecule has 0 aromatic heterocycles. The van der Waals surface area contributed by atoms with Crippen molar-refractivity contribution in [1.82, 2.24) is 0 Å². The molecule has 0 atom stereocenters. The minimum Gasteiger partial charge on any atom is -0.506 e. The van der Waals surface area contributed by atoms with Crippen LogP contribution in [0.2, 0.25) is 0 Å². The third-order valence-corrected chi connectivity index (χ3v) is 3.27. The maximum absolute atomic E-state index is 9.58. The van der Waals surface area contributed by atoms with Gasteiger partial charge in [0, 0.05) is 4.90 Å². The molecule has 2 aromatic rings. The fourth-order valence-corrected chi connectivity index (χ4v) is 2.11. The quantitative estimate of drug-likeness (QED) is 0.622. The summed E-state index contributed by atoms with van der Waals surface area (Å²) in [4.78, 5) is 1.16. The zero-order valence-electron chi connectivity index (χ0n) is 8.97. The second-order valence-corrected chi connectivity index (χ2v) is 4.33. The van der Waals surface area contributed by atoms with Crippen molar-refractivity contribution in [2.45, 2.75) is 11.8 Å². The number of phenols is 1. The SMILES string of the molecule is Cc1ccccc1SNc1ccccc1O. The van der Waals surface area contributed by atoms with Crippen LogP contribution in [-0.2, 0) is 0 Å². The van der Waals surface area contributed by atoms with Gasteiger partial charge in [0.1, 0.15) is 5.75 Å². The zero-order chi connectivity index (χ0) is 11.4. The predicted molar refractivity (Wildman–Crippen MR) is 68.8 cm³/mol. The second-order valence-electron chi connectivity index (χ2n) is 3.49. The molecule has 2 nitrogen and oxygen atoms in total. The van der Waals surface area contributed by atoms with E-state index in [2.05, 4.69) is 17.7 Å². The van der Waals surface area contributed by atoms with Gasteiger partial charge in [-0.2, -0.15) is 0 Å². The van der Waals surface area contributed by atoms with Crippen LogP contribution in [0.15, 0.2) is 53.4 Å². The Hall–Kier alpha value is -1.61. The molecule has 0 aliphatic rings. The molecule has 0 amide bonds. The van der Waals surface area contributed by atoms with E-state index in [1.165, 1.54) is 17.5 Å². The summed E-state index contributed by atoms with van der Waals surface area (Å²) < 4.78 is 3.14. The maximum atomic E-state index is 9.58. The lowest BCUT2D eigenvalue weighted by Gasteiger charge is -2.08. The van der Waals surface area contributed by atoms with E-state index in [0.29, 0.717) is 0 Å². The molecule has 0 heterocycles. The van der Waals surface area contributed by atoms with Crippen LogP contribution in [0.25, 0.3) is 0 Å². The van der Waals surface area contributed by atoms with E-state index >= 15 is 0 Å². The van der Waals surface area contributed by atoms with Crippen LogP contribution < -0.4 is 4.72 Å². The molecule has 0 saturated heterocycles. The van der Waals surface area contributed by atoms with Crippen molar-refractivity contribution < 1.29 is 5.11 Å². The first kappa shape index (κ1) is 10.9. The highest BCUT2D eigenvalue weighted by molar-refractivity contribution is 8.00. The number of hydrogen-bond donors (Lipinski definition) is 2. The summed E-state index contributed by atoms with van der Waals surface area (Å²) in [7, 11) is 0. The summed E-state index contributed by atoms with van der Waals surface area (Å²) in [5.74, 6) is 0.267. The Morgan fingerprint density at radius 1 is 1.00 bits per heavy atom.